The highest BCUT2D eigenvalue weighted by Gasteiger charge is 2.35. The number of carbonyl (C=O) groups excluding carboxylic acids is 1. The second kappa shape index (κ2) is 2.71. The molecule has 1 unspecified atom stereocenters. The van der Waals surface area contributed by atoms with E-state index in [2.05, 4.69) is 6.07 Å². The van der Waals surface area contributed by atoms with E-state index in [0.717, 1.165) is 6.42 Å². The Balaban J connectivity index is 2.62. The van der Waals surface area contributed by atoms with Gasteiger partial charge in [-0.05, 0) is 24.9 Å². The molecule has 0 radical (unpaired) electrons. The fraction of sp³-hybridized carbons (Fsp3) is 0.714. The van der Waals surface area contributed by atoms with Crippen molar-refractivity contribution in [2.75, 3.05) is 13.1 Å². The highest BCUT2D eigenvalue weighted by Crippen LogP contribution is 2.29. The van der Waals surface area contributed by atoms with Crippen molar-refractivity contribution in [2.24, 2.45) is 5.41 Å². The van der Waals surface area contributed by atoms with Crippen molar-refractivity contribution >= 4 is 17.0 Å². The third-order valence-electron chi connectivity index (χ3n) is 1.99. The SMILES string of the molecule is CC1(C#N)CCN(C(=O)Cl)C1. The number of nitriles is 1. The van der Waals surface area contributed by atoms with Crippen molar-refractivity contribution in [1.82, 2.24) is 4.90 Å². The first kappa shape index (κ1) is 8.35. The largest absolute Gasteiger partial charge is 0.328 e. The molecular formula is C7H9ClN2O. The number of hydrogen-bond donors (Lipinski definition) is 0. The van der Waals surface area contributed by atoms with Gasteiger partial charge in [-0.3, -0.25) is 4.79 Å². The van der Waals surface area contributed by atoms with Crippen molar-refractivity contribution in [1.29, 1.82) is 5.26 Å². The summed E-state index contributed by atoms with van der Waals surface area (Å²) >= 11 is 5.25. The van der Waals surface area contributed by atoms with Gasteiger partial charge in [-0.1, -0.05) is 0 Å². The summed E-state index contributed by atoms with van der Waals surface area (Å²) in [7, 11) is 0. The van der Waals surface area contributed by atoms with Gasteiger partial charge in [-0.2, -0.15) is 5.26 Å². The van der Waals surface area contributed by atoms with Gasteiger partial charge in [-0.25, -0.2) is 0 Å². The van der Waals surface area contributed by atoms with E-state index < -0.39 is 5.37 Å². The number of nitrogens with zero attached hydrogens (tertiary/aromatic N) is 2. The van der Waals surface area contributed by atoms with Crippen LogP contribution in [0, 0.1) is 16.7 Å². The first-order valence-corrected chi connectivity index (χ1v) is 3.81. The van der Waals surface area contributed by atoms with Crippen molar-refractivity contribution < 1.29 is 4.79 Å². The zero-order chi connectivity index (χ0) is 8.48. The van der Waals surface area contributed by atoms with E-state index in [4.69, 9.17) is 16.9 Å². The fourth-order valence-corrected chi connectivity index (χ4v) is 1.35. The molecule has 1 atom stereocenters. The molecule has 1 amide bonds. The fourth-order valence-electron chi connectivity index (χ4n) is 1.20. The number of likely N-dealkylation sites (tertiary alicyclic amines) is 1. The Hall–Kier alpha value is -0.750. The quantitative estimate of drug-likeness (QED) is 0.411. The number of rotatable bonds is 0. The second-order valence-corrected chi connectivity index (χ2v) is 3.42. The van der Waals surface area contributed by atoms with Gasteiger partial charge >= 0.3 is 5.37 Å². The average Bonchev–Trinajstić information content (AvgIpc) is 2.33. The van der Waals surface area contributed by atoms with E-state index in [0.29, 0.717) is 13.1 Å². The van der Waals surface area contributed by atoms with Gasteiger partial charge in [0.15, 0.2) is 0 Å². The van der Waals surface area contributed by atoms with Crippen LogP contribution in [-0.2, 0) is 0 Å². The van der Waals surface area contributed by atoms with Crippen LogP contribution < -0.4 is 0 Å². The van der Waals surface area contributed by atoms with Crippen LogP contribution in [-0.4, -0.2) is 23.4 Å². The van der Waals surface area contributed by atoms with Crippen molar-refractivity contribution in [3.63, 3.8) is 0 Å². The number of carbonyl (C=O) groups is 1. The van der Waals surface area contributed by atoms with E-state index in [1.165, 1.54) is 4.90 Å². The first-order chi connectivity index (χ1) is 5.07. The molecule has 3 nitrogen and oxygen atoms in total. The van der Waals surface area contributed by atoms with Gasteiger partial charge in [0.25, 0.3) is 0 Å². The van der Waals surface area contributed by atoms with Crippen LogP contribution in [0.4, 0.5) is 4.79 Å². The van der Waals surface area contributed by atoms with Crippen LogP contribution >= 0.6 is 11.6 Å². The van der Waals surface area contributed by atoms with E-state index in [-0.39, 0.29) is 5.41 Å². The molecule has 0 N–H and O–H groups in total. The predicted octanol–water partition coefficient (Wildman–Crippen LogP) is 1.58. The molecule has 11 heavy (non-hydrogen) atoms. The van der Waals surface area contributed by atoms with Crippen LogP contribution in [0.2, 0.25) is 0 Å². The summed E-state index contributed by atoms with van der Waals surface area (Å²) in [5.74, 6) is 0. The molecule has 0 spiro atoms. The molecular weight excluding hydrogens is 164 g/mol. The van der Waals surface area contributed by atoms with E-state index in [9.17, 15) is 4.79 Å². The lowest BCUT2D eigenvalue weighted by molar-refractivity contribution is 0.229. The van der Waals surface area contributed by atoms with E-state index >= 15 is 0 Å². The standard InChI is InChI=1S/C7H9ClN2O/c1-7(4-9)2-3-10(5-7)6(8)11/h2-3,5H2,1H3. The molecule has 4 heteroatoms. The molecule has 0 aromatic rings. The van der Waals surface area contributed by atoms with Crippen LogP contribution in [0.3, 0.4) is 0 Å². The average molecular weight is 173 g/mol. The van der Waals surface area contributed by atoms with Gasteiger partial charge in [-0.15, -0.1) is 0 Å². The Bertz CT molecular complexity index is 223. The molecule has 1 saturated heterocycles. The molecule has 1 fully saturated rings. The van der Waals surface area contributed by atoms with Gasteiger partial charge in [0.1, 0.15) is 0 Å². The zero-order valence-electron chi connectivity index (χ0n) is 6.30. The maximum absolute atomic E-state index is 10.6. The molecule has 1 aliphatic heterocycles. The van der Waals surface area contributed by atoms with Crippen LogP contribution in [0.15, 0.2) is 0 Å². The Morgan fingerprint density at radius 3 is 2.73 bits per heavy atom. The number of amides is 1. The lowest BCUT2D eigenvalue weighted by atomic mass is 9.92. The highest BCUT2D eigenvalue weighted by atomic mass is 35.5. The maximum atomic E-state index is 10.6. The van der Waals surface area contributed by atoms with Crippen LogP contribution in [0.5, 0.6) is 0 Å². The molecule has 0 aliphatic carbocycles. The van der Waals surface area contributed by atoms with Crippen molar-refractivity contribution in [3.05, 3.63) is 0 Å². The Morgan fingerprint density at radius 2 is 2.45 bits per heavy atom. The van der Waals surface area contributed by atoms with E-state index in [1.54, 1.807) is 0 Å². The first-order valence-electron chi connectivity index (χ1n) is 3.43. The second-order valence-electron chi connectivity index (χ2n) is 3.10. The van der Waals surface area contributed by atoms with Gasteiger partial charge in [0, 0.05) is 13.1 Å². The molecule has 1 heterocycles. The summed E-state index contributed by atoms with van der Waals surface area (Å²) in [5, 5.41) is 8.24. The topological polar surface area (TPSA) is 44.1 Å². The third-order valence-corrected chi connectivity index (χ3v) is 2.23. The zero-order valence-corrected chi connectivity index (χ0v) is 7.06. The summed E-state index contributed by atoms with van der Waals surface area (Å²) in [4.78, 5) is 12.1. The predicted molar refractivity (Wildman–Crippen MR) is 41.2 cm³/mol. The summed E-state index contributed by atoms with van der Waals surface area (Å²) in [5.41, 5.74) is -0.384. The lowest BCUT2D eigenvalue weighted by Crippen LogP contribution is -2.25. The van der Waals surface area contributed by atoms with Crippen LogP contribution in [0.1, 0.15) is 13.3 Å². The minimum Gasteiger partial charge on any atom is -0.328 e. The van der Waals surface area contributed by atoms with Crippen LogP contribution in [0.25, 0.3) is 0 Å². The number of halogens is 1. The third kappa shape index (κ3) is 1.63. The highest BCUT2D eigenvalue weighted by molar-refractivity contribution is 6.62. The van der Waals surface area contributed by atoms with Gasteiger partial charge in [0.2, 0.25) is 0 Å². The molecule has 0 aromatic heterocycles. The van der Waals surface area contributed by atoms with Crippen molar-refractivity contribution in [2.45, 2.75) is 13.3 Å². The Labute approximate surface area is 70.5 Å². The molecule has 1 aliphatic rings. The normalized spacial score (nSPS) is 30.1. The maximum Gasteiger partial charge on any atom is 0.316 e. The lowest BCUT2D eigenvalue weighted by Gasteiger charge is -2.14. The minimum atomic E-state index is -0.455. The summed E-state index contributed by atoms with van der Waals surface area (Å²) in [6.45, 7) is 2.91. The monoisotopic (exact) mass is 172 g/mol. The molecule has 0 aromatic carbocycles. The molecule has 1 rings (SSSR count). The van der Waals surface area contributed by atoms with Crippen molar-refractivity contribution in [3.8, 4) is 6.07 Å². The Kier molecular flexibility index (Phi) is 2.05. The molecule has 60 valence electrons. The van der Waals surface area contributed by atoms with Gasteiger partial charge in [0.05, 0.1) is 11.5 Å². The molecule has 0 saturated carbocycles. The summed E-state index contributed by atoms with van der Waals surface area (Å²) in [6, 6.07) is 2.17. The van der Waals surface area contributed by atoms with Gasteiger partial charge < -0.3 is 4.90 Å². The molecule has 0 bridgehead atoms. The summed E-state index contributed by atoms with van der Waals surface area (Å²) < 4.78 is 0. The van der Waals surface area contributed by atoms with E-state index in [1.807, 2.05) is 6.92 Å². The Morgan fingerprint density at radius 1 is 1.82 bits per heavy atom. The smallest absolute Gasteiger partial charge is 0.316 e. The summed E-state index contributed by atoms with van der Waals surface area (Å²) in [6.07, 6.45) is 0.724. The minimum absolute atomic E-state index is 0.384. The number of hydrogen-bond acceptors (Lipinski definition) is 2.